The fourth-order valence-corrected chi connectivity index (χ4v) is 1.74. The van der Waals surface area contributed by atoms with Gasteiger partial charge in [0.1, 0.15) is 10.9 Å². The molecule has 0 amide bonds. The molecule has 0 saturated heterocycles. The molecule has 0 aliphatic carbocycles. The van der Waals surface area contributed by atoms with Gasteiger partial charge in [0.2, 0.25) is 0 Å². The molecule has 2 rings (SSSR count). The number of carbonyl (C=O) groups is 1. The molecule has 0 aliphatic heterocycles. The van der Waals surface area contributed by atoms with Crippen LogP contribution in [0.1, 0.15) is 10.4 Å². The van der Waals surface area contributed by atoms with E-state index in [4.69, 9.17) is 21.4 Å². The SMILES string of the molecule is COc1cnc(Cl)cc1-c1cnccc1C(=O)O. The maximum atomic E-state index is 11.2. The predicted molar refractivity (Wildman–Crippen MR) is 66.0 cm³/mol. The Labute approximate surface area is 108 Å². The van der Waals surface area contributed by atoms with Gasteiger partial charge in [-0.15, -0.1) is 0 Å². The molecule has 2 aromatic rings. The van der Waals surface area contributed by atoms with Crippen LogP contribution in [-0.4, -0.2) is 28.2 Å². The first-order valence-corrected chi connectivity index (χ1v) is 5.38. The molecule has 92 valence electrons. The van der Waals surface area contributed by atoms with E-state index in [1.807, 2.05) is 0 Å². The summed E-state index contributed by atoms with van der Waals surface area (Å²) >= 11 is 5.82. The summed E-state index contributed by atoms with van der Waals surface area (Å²) in [5.41, 5.74) is 1.11. The first-order valence-electron chi connectivity index (χ1n) is 5.00. The van der Waals surface area contributed by atoms with Crippen molar-refractivity contribution in [2.45, 2.75) is 0 Å². The minimum Gasteiger partial charge on any atom is -0.494 e. The van der Waals surface area contributed by atoms with Crippen LogP contribution in [0.15, 0.2) is 30.7 Å². The smallest absolute Gasteiger partial charge is 0.336 e. The first kappa shape index (κ1) is 12.3. The van der Waals surface area contributed by atoms with Gasteiger partial charge in [-0.3, -0.25) is 4.98 Å². The van der Waals surface area contributed by atoms with Crippen molar-refractivity contribution in [1.29, 1.82) is 0 Å². The van der Waals surface area contributed by atoms with Crippen LogP contribution >= 0.6 is 11.6 Å². The minimum absolute atomic E-state index is 0.130. The Kier molecular flexibility index (Phi) is 3.43. The van der Waals surface area contributed by atoms with Gasteiger partial charge >= 0.3 is 5.97 Å². The van der Waals surface area contributed by atoms with Crippen molar-refractivity contribution in [2.75, 3.05) is 7.11 Å². The molecule has 0 bridgehead atoms. The number of aromatic nitrogens is 2. The third-order valence-corrected chi connectivity index (χ3v) is 2.60. The lowest BCUT2D eigenvalue weighted by Crippen LogP contribution is -2.01. The van der Waals surface area contributed by atoms with Crippen molar-refractivity contribution in [3.63, 3.8) is 0 Å². The quantitative estimate of drug-likeness (QED) is 0.863. The molecule has 0 saturated carbocycles. The zero-order valence-electron chi connectivity index (χ0n) is 9.42. The Bertz CT molecular complexity index is 602. The van der Waals surface area contributed by atoms with Gasteiger partial charge in [0.15, 0.2) is 0 Å². The van der Waals surface area contributed by atoms with E-state index in [2.05, 4.69) is 9.97 Å². The highest BCUT2D eigenvalue weighted by Gasteiger charge is 2.15. The van der Waals surface area contributed by atoms with Gasteiger partial charge in [-0.05, 0) is 12.1 Å². The van der Waals surface area contributed by atoms with Crippen LogP contribution in [-0.2, 0) is 0 Å². The Hall–Kier alpha value is -2.14. The molecule has 0 aliphatic rings. The van der Waals surface area contributed by atoms with E-state index in [9.17, 15) is 4.79 Å². The molecule has 0 spiro atoms. The Morgan fingerprint density at radius 1 is 1.39 bits per heavy atom. The topological polar surface area (TPSA) is 72.3 Å². The normalized spacial score (nSPS) is 10.1. The van der Waals surface area contributed by atoms with E-state index >= 15 is 0 Å². The average molecular weight is 265 g/mol. The van der Waals surface area contributed by atoms with Crippen molar-refractivity contribution < 1.29 is 14.6 Å². The Morgan fingerprint density at radius 3 is 2.83 bits per heavy atom. The average Bonchev–Trinajstić information content (AvgIpc) is 2.38. The van der Waals surface area contributed by atoms with Gasteiger partial charge in [-0.25, -0.2) is 9.78 Å². The monoisotopic (exact) mass is 264 g/mol. The zero-order chi connectivity index (χ0) is 13.1. The molecule has 2 aromatic heterocycles. The molecule has 6 heteroatoms. The number of carboxylic acid groups (broad SMARTS) is 1. The standard InChI is InChI=1S/C12H9ClN2O3/c1-18-10-6-15-11(13)4-8(10)9-5-14-3-2-7(9)12(16)17/h2-6H,1H3,(H,16,17). The lowest BCUT2D eigenvalue weighted by molar-refractivity contribution is 0.0697. The molecule has 5 nitrogen and oxygen atoms in total. The maximum absolute atomic E-state index is 11.2. The van der Waals surface area contributed by atoms with Gasteiger partial charge in [0, 0.05) is 23.5 Å². The summed E-state index contributed by atoms with van der Waals surface area (Å²) in [6.07, 6.45) is 4.32. The zero-order valence-corrected chi connectivity index (χ0v) is 10.2. The lowest BCUT2D eigenvalue weighted by Gasteiger charge is -2.10. The third kappa shape index (κ3) is 2.26. The highest BCUT2D eigenvalue weighted by atomic mass is 35.5. The van der Waals surface area contributed by atoms with Crippen molar-refractivity contribution in [3.05, 3.63) is 41.4 Å². The third-order valence-electron chi connectivity index (χ3n) is 2.40. The number of rotatable bonds is 3. The number of aromatic carboxylic acids is 1. The summed E-state index contributed by atoms with van der Waals surface area (Å²) in [6.45, 7) is 0. The van der Waals surface area contributed by atoms with Crippen molar-refractivity contribution in [3.8, 4) is 16.9 Å². The molecular weight excluding hydrogens is 256 g/mol. The summed E-state index contributed by atoms with van der Waals surface area (Å²) in [5, 5.41) is 9.40. The van der Waals surface area contributed by atoms with Gasteiger partial charge in [-0.2, -0.15) is 0 Å². The number of carboxylic acids is 1. The van der Waals surface area contributed by atoms with Crippen LogP contribution in [0, 0.1) is 0 Å². The summed E-state index contributed by atoms with van der Waals surface area (Å²) in [7, 11) is 1.48. The second kappa shape index (κ2) is 5.01. The van der Waals surface area contributed by atoms with Crippen LogP contribution in [0.25, 0.3) is 11.1 Å². The summed E-state index contributed by atoms with van der Waals surface area (Å²) in [6, 6.07) is 2.97. The Balaban J connectivity index is 2.68. The minimum atomic E-state index is -1.04. The molecule has 0 atom stereocenters. The number of ether oxygens (including phenoxy) is 1. The second-order valence-corrected chi connectivity index (χ2v) is 3.82. The van der Waals surface area contributed by atoms with Gasteiger partial charge < -0.3 is 9.84 Å². The molecule has 2 heterocycles. The molecule has 0 fully saturated rings. The van der Waals surface area contributed by atoms with E-state index in [-0.39, 0.29) is 10.7 Å². The molecule has 1 N–H and O–H groups in total. The van der Waals surface area contributed by atoms with Crippen LogP contribution in [0.5, 0.6) is 5.75 Å². The molecular formula is C12H9ClN2O3. The highest BCUT2D eigenvalue weighted by molar-refractivity contribution is 6.29. The largest absolute Gasteiger partial charge is 0.494 e. The fraction of sp³-hybridized carbons (Fsp3) is 0.0833. The fourth-order valence-electron chi connectivity index (χ4n) is 1.59. The van der Waals surface area contributed by atoms with Gasteiger partial charge in [0.25, 0.3) is 0 Å². The van der Waals surface area contributed by atoms with Crippen molar-refractivity contribution >= 4 is 17.6 Å². The number of methoxy groups -OCH3 is 1. The molecule has 0 unspecified atom stereocenters. The van der Waals surface area contributed by atoms with Gasteiger partial charge in [0.05, 0.1) is 18.9 Å². The van der Waals surface area contributed by atoms with Crippen LogP contribution in [0.4, 0.5) is 0 Å². The number of hydrogen-bond acceptors (Lipinski definition) is 4. The van der Waals surface area contributed by atoms with E-state index < -0.39 is 5.97 Å². The Morgan fingerprint density at radius 2 is 2.17 bits per heavy atom. The van der Waals surface area contributed by atoms with Crippen LogP contribution in [0.2, 0.25) is 5.15 Å². The highest BCUT2D eigenvalue weighted by Crippen LogP contribution is 2.32. The molecule has 18 heavy (non-hydrogen) atoms. The second-order valence-electron chi connectivity index (χ2n) is 3.43. The van der Waals surface area contributed by atoms with Crippen LogP contribution in [0.3, 0.4) is 0 Å². The van der Waals surface area contributed by atoms with Crippen molar-refractivity contribution in [1.82, 2.24) is 9.97 Å². The first-order chi connectivity index (χ1) is 8.63. The van der Waals surface area contributed by atoms with E-state index in [0.717, 1.165) is 0 Å². The maximum Gasteiger partial charge on any atom is 0.336 e. The summed E-state index contributed by atoms with van der Waals surface area (Å²) in [4.78, 5) is 19.0. The number of pyridine rings is 2. The van der Waals surface area contributed by atoms with E-state index in [1.54, 1.807) is 6.07 Å². The number of halogens is 1. The van der Waals surface area contributed by atoms with Crippen LogP contribution < -0.4 is 4.74 Å². The summed E-state index contributed by atoms with van der Waals surface area (Å²) < 4.78 is 5.15. The predicted octanol–water partition coefficient (Wildman–Crippen LogP) is 2.50. The summed E-state index contributed by atoms with van der Waals surface area (Å²) in [5.74, 6) is -0.600. The number of hydrogen-bond donors (Lipinski definition) is 1. The van der Waals surface area contributed by atoms with Crippen molar-refractivity contribution in [2.24, 2.45) is 0 Å². The van der Waals surface area contributed by atoms with Gasteiger partial charge in [-0.1, -0.05) is 11.6 Å². The lowest BCUT2D eigenvalue weighted by atomic mass is 10.0. The molecule has 0 radical (unpaired) electrons. The van der Waals surface area contributed by atoms with E-state index in [1.165, 1.54) is 31.8 Å². The molecule has 0 aromatic carbocycles. The number of nitrogens with zero attached hydrogens (tertiary/aromatic N) is 2. The van der Waals surface area contributed by atoms with E-state index in [0.29, 0.717) is 16.9 Å².